The van der Waals surface area contributed by atoms with Gasteiger partial charge in [0.05, 0.1) is 35.5 Å². The minimum atomic E-state index is -0.804. The third-order valence-corrected chi connectivity index (χ3v) is 4.53. The number of hydrogen-bond donors (Lipinski definition) is 1. The Balaban J connectivity index is 2.19. The molecule has 1 aliphatic heterocycles. The first-order valence-electron chi connectivity index (χ1n) is 7.24. The molecule has 0 radical (unpaired) electrons. The fourth-order valence-electron chi connectivity index (χ4n) is 2.79. The molecule has 2 atom stereocenters. The summed E-state index contributed by atoms with van der Waals surface area (Å²) >= 11 is 6.38. The van der Waals surface area contributed by atoms with Crippen molar-refractivity contribution in [3.05, 3.63) is 16.4 Å². The van der Waals surface area contributed by atoms with Crippen molar-refractivity contribution in [3.63, 3.8) is 0 Å². The van der Waals surface area contributed by atoms with Gasteiger partial charge < -0.3 is 9.84 Å². The van der Waals surface area contributed by atoms with Gasteiger partial charge in [0.1, 0.15) is 0 Å². The molecular weight excluding hydrogens is 294 g/mol. The van der Waals surface area contributed by atoms with E-state index in [1.165, 1.54) is 0 Å². The van der Waals surface area contributed by atoms with Gasteiger partial charge in [0.15, 0.2) is 0 Å². The maximum Gasteiger partial charge on any atom is 0.310 e. The van der Waals surface area contributed by atoms with Gasteiger partial charge in [-0.2, -0.15) is 5.10 Å². The number of carboxylic acids is 1. The Morgan fingerprint density at radius 2 is 2.24 bits per heavy atom. The average molecular weight is 316 g/mol. The van der Waals surface area contributed by atoms with Crippen LogP contribution in [0.1, 0.15) is 25.2 Å². The van der Waals surface area contributed by atoms with Gasteiger partial charge in [0, 0.05) is 19.6 Å². The second-order valence-corrected chi connectivity index (χ2v) is 5.68. The Bertz CT molecular complexity index is 518. The Kier molecular flexibility index (Phi) is 5.24. The van der Waals surface area contributed by atoms with E-state index >= 15 is 0 Å². The standard InChI is InChI=1S/C14H22ClN3O3/c1-4-10-13(15)11(17(3)16-10)6-18(5-2)12-8-21-7-9(12)14(19)20/h9,12H,4-8H2,1-3H3,(H,19,20). The summed E-state index contributed by atoms with van der Waals surface area (Å²) in [6, 6.07) is -0.122. The molecule has 2 heterocycles. The van der Waals surface area contributed by atoms with E-state index in [0.29, 0.717) is 18.2 Å². The molecule has 1 aliphatic rings. The highest BCUT2D eigenvalue weighted by atomic mass is 35.5. The van der Waals surface area contributed by atoms with Gasteiger partial charge in [-0.1, -0.05) is 25.4 Å². The molecule has 118 valence electrons. The number of halogens is 1. The molecule has 0 aliphatic carbocycles. The van der Waals surface area contributed by atoms with E-state index in [-0.39, 0.29) is 12.6 Å². The first kappa shape index (κ1) is 16.3. The van der Waals surface area contributed by atoms with E-state index in [0.717, 1.165) is 24.4 Å². The predicted molar refractivity (Wildman–Crippen MR) is 79.4 cm³/mol. The first-order valence-corrected chi connectivity index (χ1v) is 7.62. The van der Waals surface area contributed by atoms with Crippen LogP contribution in [0.5, 0.6) is 0 Å². The fourth-order valence-corrected chi connectivity index (χ4v) is 3.14. The molecular formula is C14H22ClN3O3. The largest absolute Gasteiger partial charge is 0.481 e. The van der Waals surface area contributed by atoms with E-state index in [9.17, 15) is 9.90 Å². The lowest BCUT2D eigenvalue weighted by atomic mass is 10.0. The zero-order valence-corrected chi connectivity index (χ0v) is 13.4. The molecule has 1 N–H and O–H groups in total. The van der Waals surface area contributed by atoms with Gasteiger partial charge in [-0.15, -0.1) is 0 Å². The van der Waals surface area contributed by atoms with Crippen LogP contribution in [0.25, 0.3) is 0 Å². The minimum absolute atomic E-state index is 0.122. The van der Waals surface area contributed by atoms with Crippen LogP contribution in [0, 0.1) is 5.92 Å². The number of carboxylic acid groups (broad SMARTS) is 1. The molecule has 2 rings (SSSR count). The second-order valence-electron chi connectivity index (χ2n) is 5.30. The summed E-state index contributed by atoms with van der Waals surface area (Å²) < 4.78 is 7.15. The highest BCUT2D eigenvalue weighted by Gasteiger charge is 2.38. The van der Waals surface area contributed by atoms with Crippen LogP contribution in [0.15, 0.2) is 0 Å². The number of aliphatic carboxylic acids is 1. The summed E-state index contributed by atoms with van der Waals surface area (Å²) in [6.07, 6.45) is 0.781. The molecule has 2 unspecified atom stereocenters. The number of aryl methyl sites for hydroxylation is 2. The number of rotatable bonds is 6. The molecule has 0 saturated carbocycles. The van der Waals surface area contributed by atoms with Crippen LogP contribution in [0.2, 0.25) is 5.02 Å². The molecule has 6 nitrogen and oxygen atoms in total. The summed E-state index contributed by atoms with van der Waals surface area (Å²) in [6.45, 7) is 6.07. The normalized spacial score (nSPS) is 22.1. The van der Waals surface area contributed by atoms with Crippen molar-refractivity contribution in [2.75, 3.05) is 19.8 Å². The van der Waals surface area contributed by atoms with Crippen LogP contribution in [0.3, 0.4) is 0 Å². The molecule has 1 aromatic rings. The molecule has 21 heavy (non-hydrogen) atoms. The second kappa shape index (κ2) is 6.77. The molecule has 0 bridgehead atoms. The minimum Gasteiger partial charge on any atom is -0.481 e. The van der Waals surface area contributed by atoms with E-state index in [2.05, 4.69) is 10.00 Å². The molecule has 0 aromatic carbocycles. The van der Waals surface area contributed by atoms with Gasteiger partial charge in [-0.05, 0) is 13.0 Å². The van der Waals surface area contributed by atoms with Crippen LogP contribution < -0.4 is 0 Å². The molecule has 7 heteroatoms. The van der Waals surface area contributed by atoms with Crippen LogP contribution in [0.4, 0.5) is 0 Å². The fraction of sp³-hybridized carbons (Fsp3) is 0.714. The van der Waals surface area contributed by atoms with Gasteiger partial charge in [-0.3, -0.25) is 14.4 Å². The maximum absolute atomic E-state index is 11.3. The smallest absolute Gasteiger partial charge is 0.310 e. The zero-order chi connectivity index (χ0) is 15.6. The Labute approximate surface area is 129 Å². The van der Waals surface area contributed by atoms with Gasteiger partial charge >= 0.3 is 5.97 Å². The molecule has 1 saturated heterocycles. The lowest BCUT2D eigenvalue weighted by Crippen LogP contribution is -2.43. The van der Waals surface area contributed by atoms with Crippen LogP contribution >= 0.6 is 11.6 Å². The average Bonchev–Trinajstić information content (AvgIpc) is 3.03. The maximum atomic E-state index is 11.3. The Hall–Kier alpha value is -1.11. The summed E-state index contributed by atoms with van der Waals surface area (Å²) in [7, 11) is 1.87. The van der Waals surface area contributed by atoms with Gasteiger partial charge in [0.2, 0.25) is 0 Å². The monoisotopic (exact) mass is 315 g/mol. The number of ether oxygens (including phenoxy) is 1. The number of hydrogen-bond acceptors (Lipinski definition) is 4. The SMILES string of the molecule is CCc1nn(C)c(CN(CC)C2COCC2C(=O)O)c1Cl. The summed E-state index contributed by atoms with van der Waals surface area (Å²) in [5.41, 5.74) is 1.80. The number of likely N-dealkylation sites (N-methyl/N-ethyl adjacent to an activating group) is 1. The molecule has 0 amide bonds. The van der Waals surface area contributed by atoms with Crippen molar-refractivity contribution < 1.29 is 14.6 Å². The molecule has 0 spiro atoms. The number of nitrogens with zero attached hydrogens (tertiary/aromatic N) is 3. The van der Waals surface area contributed by atoms with E-state index in [1.54, 1.807) is 4.68 Å². The third-order valence-electron chi connectivity index (χ3n) is 4.10. The molecule has 1 aromatic heterocycles. The van der Waals surface area contributed by atoms with E-state index in [1.807, 2.05) is 20.9 Å². The predicted octanol–water partition coefficient (Wildman–Crippen LogP) is 1.56. The van der Waals surface area contributed by atoms with E-state index < -0.39 is 11.9 Å². The van der Waals surface area contributed by atoms with Crippen LogP contribution in [-0.2, 0) is 29.5 Å². The van der Waals surface area contributed by atoms with Crippen molar-refractivity contribution in [2.24, 2.45) is 13.0 Å². The highest BCUT2D eigenvalue weighted by molar-refractivity contribution is 6.31. The van der Waals surface area contributed by atoms with Crippen molar-refractivity contribution in [3.8, 4) is 0 Å². The van der Waals surface area contributed by atoms with Crippen molar-refractivity contribution >= 4 is 17.6 Å². The number of carbonyl (C=O) groups is 1. The van der Waals surface area contributed by atoms with Crippen molar-refractivity contribution in [2.45, 2.75) is 32.9 Å². The summed E-state index contributed by atoms with van der Waals surface area (Å²) in [5, 5.41) is 14.4. The van der Waals surface area contributed by atoms with Gasteiger partial charge in [-0.25, -0.2) is 0 Å². The van der Waals surface area contributed by atoms with Crippen molar-refractivity contribution in [1.29, 1.82) is 0 Å². The third kappa shape index (κ3) is 3.22. The van der Waals surface area contributed by atoms with Gasteiger partial charge in [0.25, 0.3) is 0 Å². The zero-order valence-electron chi connectivity index (χ0n) is 12.7. The lowest BCUT2D eigenvalue weighted by Gasteiger charge is -2.29. The van der Waals surface area contributed by atoms with Crippen LogP contribution in [-0.4, -0.2) is 51.6 Å². The number of aromatic nitrogens is 2. The summed E-state index contributed by atoms with van der Waals surface area (Å²) in [4.78, 5) is 13.4. The Morgan fingerprint density at radius 3 is 2.76 bits per heavy atom. The topological polar surface area (TPSA) is 67.6 Å². The Morgan fingerprint density at radius 1 is 1.52 bits per heavy atom. The van der Waals surface area contributed by atoms with Crippen molar-refractivity contribution in [1.82, 2.24) is 14.7 Å². The first-order chi connectivity index (χ1) is 9.99. The molecule has 1 fully saturated rings. The van der Waals surface area contributed by atoms with E-state index in [4.69, 9.17) is 16.3 Å². The highest BCUT2D eigenvalue weighted by Crippen LogP contribution is 2.26. The quantitative estimate of drug-likeness (QED) is 0.863. The summed E-state index contributed by atoms with van der Waals surface area (Å²) in [5.74, 6) is -1.29. The lowest BCUT2D eigenvalue weighted by molar-refractivity contribution is -0.143.